The first-order valence-electron chi connectivity index (χ1n) is 5.92. The number of aromatic nitrogens is 2. The van der Waals surface area contributed by atoms with Crippen LogP contribution >= 0.6 is 39.1 Å². The summed E-state index contributed by atoms with van der Waals surface area (Å²) in [6.07, 6.45) is 1.41. The lowest BCUT2D eigenvalue weighted by Crippen LogP contribution is -2.06. The van der Waals surface area contributed by atoms with Crippen molar-refractivity contribution in [1.82, 2.24) is 9.97 Å². The summed E-state index contributed by atoms with van der Waals surface area (Å²) in [6.45, 7) is 4.05. The first-order chi connectivity index (χ1) is 9.41. The van der Waals surface area contributed by atoms with Gasteiger partial charge in [-0.25, -0.2) is 9.97 Å². The summed E-state index contributed by atoms with van der Waals surface area (Å²) in [5.41, 5.74) is 7.43. The molecule has 2 rings (SSSR count). The molecule has 0 saturated heterocycles. The fourth-order valence-corrected chi connectivity index (χ4v) is 2.65. The summed E-state index contributed by atoms with van der Waals surface area (Å²) in [5, 5.41) is 4.04. The molecule has 0 aliphatic rings. The van der Waals surface area contributed by atoms with E-state index in [9.17, 15) is 0 Å². The van der Waals surface area contributed by atoms with E-state index >= 15 is 0 Å². The molecule has 0 saturated carbocycles. The summed E-state index contributed by atoms with van der Waals surface area (Å²) in [4.78, 5) is 8.25. The summed E-state index contributed by atoms with van der Waals surface area (Å²) < 4.78 is 0.737. The van der Waals surface area contributed by atoms with Gasteiger partial charge in [0.2, 0.25) is 0 Å². The molecule has 1 aromatic heterocycles. The van der Waals surface area contributed by atoms with Gasteiger partial charge >= 0.3 is 0 Å². The number of rotatable bonds is 3. The van der Waals surface area contributed by atoms with E-state index in [1.807, 2.05) is 26.0 Å². The minimum Gasteiger partial charge on any atom is -0.383 e. The van der Waals surface area contributed by atoms with Gasteiger partial charge in [0.25, 0.3) is 0 Å². The third-order valence-corrected chi connectivity index (χ3v) is 4.55. The molecule has 4 nitrogen and oxygen atoms in total. The van der Waals surface area contributed by atoms with Gasteiger partial charge in [-0.3, -0.25) is 0 Å². The van der Waals surface area contributed by atoms with Crippen molar-refractivity contribution < 1.29 is 0 Å². The Morgan fingerprint density at radius 2 is 1.90 bits per heavy atom. The Morgan fingerprint density at radius 3 is 2.55 bits per heavy atom. The average molecular weight is 376 g/mol. The molecule has 0 radical (unpaired) electrons. The van der Waals surface area contributed by atoms with E-state index in [0.29, 0.717) is 27.4 Å². The van der Waals surface area contributed by atoms with Crippen molar-refractivity contribution in [2.45, 2.75) is 19.8 Å². The Bertz CT molecular complexity index is 647. The van der Waals surface area contributed by atoms with E-state index < -0.39 is 0 Å². The average Bonchev–Trinajstić information content (AvgIpc) is 2.39. The fourth-order valence-electron chi connectivity index (χ4n) is 1.83. The van der Waals surface area contributed by atoms with Crippen molar-refractivity contribution >= 4 is 56.5 Å². The van der Waals surface area contributed by atoms with Gasteiger partial charge in [0.1, 0.15) is 18.0 Å². The Kier molecular flexibility index (Phi) is 4.73. The monoisotopic (exact) mass is 374 g/mol. The summed E-state index contributed by atoms with van der Waals surface area (Å²) in [7, 11) is 0. The highest BCUT2D eigenvalue weighted by Gasteiger charge is 2.15. The van der Waals surface area contributed by atoms with E-state index in [1.54, 1.807) is 0 Å². The lowest BCUT2D eigenvalue weighted by molar-refractivity contribution is 0.855. The minimum absolute atomic E-state index is 0.184. The van der Waals surface area contributed by atoms with Crippen LogP contribution in [0.1, 0.15) is 25.3 Å². The largest absolute Gasteiger partial charge is 0.383 e. The molecule has 0 bridgehead atoms. The number of nitrogens with one attached hydrogen (secondary N) is 1. The van der Waals surface area contributed by atoms with E-state index in [4.69, 9.17) is 28.9 Å². The van der Waals surface area contributed by atoms with E-state index in [2.05, 4.69) is 31.2 Å². The Morgan fingerprint density at radius 1 is 1.20 bits per heavy atom. The van der Waals surface area contributed by atoms with Crippen LogP contribution in [0.3, 0.4) is 0 Å². The predicted molar refractivity (Wildman–Crippen MR) is 88.0 cm³/mol. The number of anilines is 3. The molecule has 3 N–H and O–H groups in total. The third-order valence-electron chi connectivity index (χ3n) is 2.78. The van der Waals surface area contributed by atoms with Gasteiger partial charge in [-0.15, -0.1) is 0 Å². The molecule has 0 fully saturated rings. The number of hydrogen-bond acceptors (Lipinski definition) is 4. The first kappa shape index (κ1) is 15.4. The van der Waals surface area contributed by atoms with Crippen molar-refractivity contribution in [3.8, 4) is 0 Å². The summed E-state index contributed by atoms with van der Waals surface area (Å²) in [5.74, 6) is 1.27. The zero-order valence-corrected chi connectivity index (χ0v) is 14.0. The summed E-state index contributed by atoms with van der Waals surface area (Å²) >= 11 is 15.7. The molecular weight excluding hydrogens is 363 g/mol. The number of halogens is 3. The van der Waals surface area contributed by atoms with Gasteiger partial charge < -0.3 is 11.1 Å². The fraction of sp³-hybridized carbons (Fsp3) is 0.231. The van der Waals surface area contributed by atoms with Crippen molar-refractivity contribution in [3.63, 3.8) is 0 Å². The molecule has 1 heterocycles. The normalized spacial score (nSPS) is 10.9. The van der Waals surface area contributed by atoms with E-state index in [-0.39, 0.29) is 5.92 Å². The topological polar surface area (TPSA) is 63.8 Å². The SMILES string of the molecule is CC(C)c1c(N)ncnc1Nc1ccc(Br)c(Cl)c1Cl. The molecule has 0 amide bonds. The number of hydrogen-bond donors (Lipinski definition) is 2. The molecule has 0 atom stereocenters. The lowest BCUT2D eigenvalue weighted by atomic mass is 10.0. The Labute approximate surface area is 135 Å². The molecule has 0 unspecified atom stereocenters. The van der Waals surface area contributed by atoms with Gasteiger partial charge in [-0.2, -0.15) is 0 Å². The molecule has 0 aliphatic carbocycles. The Balaban J connectivity index is 2.46. The molecule has 106 valence electrons. The second-order valence-corrected chi connectivity index (χ2v) is 6.13. The maximum atomic E-state index is 6.22. The second-order valence-electron chi connectivity index (χ2n) is 4.52. The number of nitrogens with two attached hydrogens (primary N) is 1. The van der Waals surface area contributed by atoms with Crippen molar-refractivity contribution in [3.05, 3.63) is 38.5 Å². The van der Waals surface area contributed by atoms with Crippen LogP contribution in [0.25, 0.3) is 0 Å². The van der Waals surface area contributed by atoms with Crippen molar-refractivity contribution in [2.24, 2.45) is 0 Å². The maximum Gasteiger partial charge on any atom is 0.139 e. The molecule has 0 aliphatic heterocycles. The molecule has 7 heteroatoms. The highest BCUT2D eigenvalue weighted by Crippen LogP contribution is 2.38. The van der Waals surface area contributed by atoms with E-state index in [1.165, 1.54) is 6.33 Å². The zero-order valence-electron chi connectivity index (χ0n) is 10.9. The highest BCUT2D eigenvalue weighted by atomic mass is 79.9. The number of nitrogen functional groups attached to an aromatic ring is 1. The van der Waals surface area contributed by atoms with Crippen LogP contribution in [0.2, 0.25) is 10.0 Å². The highest BCUT2D eigenvalue weighted by molar-refractivity contribution is 9.10. The number of nitrogens with zero attached hydrogens (tertiary/aromatic N) is 2. The van der Waals surface area contributed by atoms with Gasteiger partial charge in [0, 0.05) is 10.0 Å². The van der Waals surface area contributed by atoms with Crippen LogP contribution in [0.5, 0.6) is 0 Å². The van der Waals surface area contributed by atoms with Crippen LogP contribution in [-0.2, 0) is 0 Å². The quantitative estimate of drug-likeness (QED) is 0.741. The van der Waals surface area contributed by atoms with Gasteiger partial charge in [0.05, 0.1) is 15.7 Å². The first-order valence-corrected chi connectivity index (χ1v) is 7.47. The van der Waals surface area contributed by atoms with Crippen molar-refractivity contribution in [1.29, 1.82) is 0 Å². The third kappa shape index (κ3) is 3.00. The molecule has 1 aromatic carbocycles. The van der Waals surface area contributed by atoms with E-state index in [0.717, 1.165) is 10.0 Å². The predicted octanol–water partition coefficient (Wildman–Crippen LogP) is 5.00. The van der Waals surface area contributed by atoms with Gasteiger partial charge in [-0.05, 0) is 34.0 Å². The minimum atomic E-state index is 0.184. The molecule has 20 heavy (non-hydrogen) atoms. The molecule has 0 spiro atoms. The van der Waals surface area contributed by atoms with Gasteiger partial charge in [0.15, 0.2) is 0 Å². The van der Waals surface area contributed by atoms with Crippen LogP contribution < -0.4 is 11.1 Å². The summed E-state index contributed by atoms with van der Waals surface area (Å²) in [6, 6.07) is 3.64. The smallest absolute Gasteiger partial charge is 0.139 e. The second kappa shape index (κ2) is 6.16. The molecular formula is C13H13BrCl2N4. The lowest BCUT2D eigenvalue weighted by Gasteiger charge is -2.16. The number of benzene rings is 1. The maximum absolute atomic E-state index is 6.22. The standard InChI is InChI=1S/C13H13BrCl2N4/c1-6(2)9-12(17)18-5-19-13(9)20-8-4-3-7(14)10(15)11(8)16/h3-6H,1-2H3,(H3,17,18,19,20). The van der Waals surface area contributed by atoms with Crippen LogP contribution in [-0.4, -0.2) is 9.97 Å². The van der Waals surface area contributed by atoms with Gasteiger partial charge in [-0.1, -0.05) is 37.0 Å². The van der Waals surface area contributed by atoms with Crippen molar-refractivity contribution in [2.75, 3.05) is 11.1 Å². The molecule has 2 aromatic rings. The zero-order chi connectivity index (χ0) is 14.9. The van der Waals surface area contributed by atoms with Crippen LogP contribution in [0.4, 0.5) is 17.3 Å². The Hall–Kier alpha value is -1.04. The van der Waals surface area contributed by atoms with Crippen LogP contribution in [0.15, 0.2) is 22.9 Å². The van der Waals surface area contributed by atoms with Crippen LogP contribution in [0, 0.1) is 0 Å².